The maximum absolute atomic E-state index is 13.8. The average molecular weight is 535 g/mol. The molecule has 2 aromatic carbocycles. The number of aromatic amines is 1. The van der Waals surface area contributed by atoms with Crippen molar-refractivity contribution in [1.29, 1.82) is 0 Å². The molecular weight excluding hydrogens is 514 g/mol. The van der Waals surface area contributed by atoms with E-state index in [2.05, 4.69) is 25.6 Å². The summed E-state index contributed by atoms with van der Waals surface area (Å²) in [7, 11) is -3.00. The average Bonchev–Trinajstić information content (AvgIpc) is 2.81. The third-order valence-electron chi connectivity index (χ3n) is 5.34. The minimum atomic E-state index is -4.80. The second-order valence-corrected chi connectivity index (χ2v) is 9.74. The van der Waals surface area contributed by atoms with Crippen molar-refractivity contribution in [3.8, 4) is 5.75 Å². The van der Waals surface area contributed by atoms with Crippen molar-refractivity contribution in [3.05, 3.63) is 75.7 Å². The number of ether oxygens (including phenoxy) is 1. The summed E-state index contributed by atoms with van der Waals surface area (Å²) in [6.45, 7) is 1.58. The highest BCUT2D eigenvalue weighted by molar-refractivity contribution is 7.50. The van der Waals surface area contributed by atoms with Crippen LogP contribution in [-0.4, -0.2) is 31.8 Å². The molecule has 2 heterocycles. The van der Waals surface area contributed by atoms with Gasteiger partial charge in [-0.3, -0.25) is 9.36 Å². The van der Waals surface area contributed by atoms with Gasteiger partial charge in [0, 0.05) is 18.0 Å². The number of pyridine rings is 1. The highest BCUT2D eigenvalue weighted by Crippen LogP contribution is 2.41. The van der Waals surface area contributed by atoms with Gasteiger partial charge in [-0.25, -0.2) is 4.98 Å². The smallest absolute Gasteiger partial charge is 0.421 e. The van der Waals surface area contributed by atoms with Crippen LogP contribution in [0.15, 0.2) is 53.6 Å². The van der Waals surface area contributed by atoms with Crippen LogP contribution in [0, 0.1) is 6.92 Å². The molecule has 0 saturated carbocycles. The summed E-state index contributed by atoms with van der Waals surface area (Å²) in [4.78, 5) is 41.8. The van der Waals surface area contributed by atoms with E-state index in [1.54, 1.807) is 19.1 Å². The topological polar surface area (TPSA) is 149 Å². The fourth-order valence-corrected chi connectivity index (χ4v) is 4.31. The standard InChI is InChI=1S/C23H21F3N5O5P/c1-12-9-27-16-4-3-5-17(19(16)20(12)32)29-21-14(23(24,25)26)10-28-22(31-21)30-15-7-6-13(8-18(15)36-2)11-37(33,34)35/h3-10H,11H2,1-2H3,(H,27,32)(H2,33,34,35)(H2,28,29,30,31). The van der Waals surface area contributed by atoms with Gasteiger partial charge in [0.05, 0.1) is 35.5 Å². The number of alkyl halides is 3. The molecule has 0 aliphatic rings. The Hall–Kier alpha value is -3.93. The van der Waals surface area contributed by atoms with E-state index in [1.807, 2.05) is 0 Å². The maximum atomic E-state index is 13.8. The zero-order valence-electron chi connectivity index (χ0n) is 19.4. The summed E-state index contributed by atoms with van der Waals surface area (Å²) in [5.74, 6) is -0.641. The van der Waals surface area contributed by atoms with Crippen molar-refractivity contribution in [2.75, 3.05) is 17.7 Å². The van der Waals surface area contributed by atoms with Gasteiger partial charge in [-0.05, 0) is 36.8 Å². The molecule has 194 valence electrons. The van der Waals surface area contributed by atoms with E-state index in [-0.39, 0.29) is 33.9 Å². The molecule has 0 bridgehead atoms. The van der Waals surface area contributed by atoms with Gasteiger partial charge in [0.25, 0.3) is 0 Å². The number of nitrogens with one attached hydrogen (secondary N) is 3. The Morgan fingerprint density at radius 1 is 1.14 bits per heavy atom. The Kier molecular flexibility index (Phi) is 6.96. The van der Waals surface area contributed by atoms with Crippen LogP contribution in [-0.2, 0) is 16.9 Å². The van der Waals surface area contributed by atoms with E-state index in [9.17, 15) is 32.3 Å². The Bertz CT molecular complexity index is 1590. The number of anilines is 4. The number of benzene rings is 2. The van der Waals surface area contributed by atoms with E-state index in [4.69, 9.17) is 4.74 Å². The number of nitrogens with zero attached hydrogens (tertiary/aromatic N) is 2. The number of halogens is 3. The molecule has 0 atom stereocenters. The van der Waals surface area contributed by atoms with Crippen molar-refractivity contribution in [1.82, 2.24) is 15.0 Å². The predicted octanol–water partition coefficient (Wildman–Crippen LogP) is 4.82. The van der Waals surface area contributed by atoms with E-state index < -0.39 is 31.3 Å². The monoisotopic (exact) mass is 535 g/mol. The molecule has 0 saturated heterocycles. The first kappa shape index (κ1) is 26.1. The second kappa shape index (κ2) is 9.85. The predicted molar refractivity (Wildman–Crippen MR) is 132 cm³/mol. The van der Waals surface area contributed by atoms with E-state index in [0.29, 0.717) is 22.8 Å². The highest BCUT2D eigenvalue weighted by Gasteiger charge is 2.35. The SMILES string of the molecule is COc1cc(CP(=O)(O)O)ccc1Nc1ncc(C(F)(F)F)c(Nc2cccc3[nH]cc(C)c(=O)c23)n1. The Labute approximate surface area is 207 Å². The first-order valence-corrected chi connectivity index (χ1v) is 12.5. The summed E-state index contributed by atoms with van der Waals surface area (Å²) >= 11 is 0. The third-order valence-corrected chi connectivity index (χ3v) is 6.12. The Morgan fingerprint density at radius 2 is 1.89 bits per heavy atom. The van der Waals surface area contributed by atoms with Crippen LogP contribution < -0.4 is 20.8 Å². The van der Waals surface area contributed by atoms with Gasteiger partial charge in [0.1, 0.15) is 17.1 Å². The Morgan fingerprint density at radius 3 is 2.57 bits per heavy atom. The molecule has 14 heteroatoms. The van der Waals surface area contributed by atoms with Crippen LogP contribution in [0.25, 0.3) is 10.9 Å². The molecule has 0 fully saturated rings. The molecule has 10 nitrogen and oxygen atoms in total. The molecular formula is C23H21F3N5O5P. The molecule has 2 aromatic heterocycles. The van der Waals surface area contributed by atoms with Crippen LogP contribution in [0.2, 0.25) is 0 Å². The first-order valence-electron chi connectivity index (χ1n) is 10.7. The number of hydrogen-bond acceptors (Lipinski definition) is 7. The van der Waals surface area contributed by atoms with Crippen molar-refractivity contribution in [3.63, 3.8) is 0 Å². The molecule has 4 rings (SSSR count). The summed E-state index contributed by atoms with van der Waals surface area (Å²) < 4.78 is 57.9. The largest absolute Gasteiger partial charge is 0.495 e. The molecule has 5 N–H and O–H groups in total. The van der Waals surface area contributed by atoms with E-state index in [1.165, 1.54) is 37.6 Å². The van der Waals surface area contributed by atoms with Crippen LogP contribution in [0.5, 0.6) is 5.75 Å². The number of hydrogen-bond donors (Lipinski definition) is 5. The van der Waals surface area contributed by atoms with E-state index >= 15 is 0 Å². The van der Waals surface area contributed by atoms with E-state index in [0.717, 1.165) is 0 Å². The lowest BCUT2D eigenvalue weighted by atomic mass is 10.1. The maximum Gasteiger partial charge on any atom is 0.421 e. The van der Waals surface area contributed by atoms with Crippen molar-refractivity contribution in [2.24, 2.45) is 0 Å². The van der Waals surface area contributed by atoms with Crippen molar-refractivity contribution in [2.45, 2.75) is 19.3 Å². The zero-order valence-corrected chi connectivity index (χ0v) is 20.3. The number of aromatic nitrogens is 3. The Balaban J connectivity index is 1.75. The van der Waals surface area contributed by atoms with Gasteiger partial charge in [-0.15, -0.1) is 0 Å². The van der Waals surface area contributed by atoms with Gasteiger partial charge < -0.3 is 30.1 Å². The van der Waals surface area contributed by atoms with Gasteiger partial charge in [-0.2, -0.15) is 18.2 Å². The molecule has 0 aliphatic heterocycles. The zero-order chi connectivity index (χ0) is 27.0. The highest BCUT2D eigenvalue weighted by atomic mass is 31.2. The van der Waals surface area contributed by atoms with Crippen molar-refractivity contribution >= 4 is 41.6 Å². The van der Waals surface area contributed by atoms with Crippen LogP contribution in [0.4, 0.5) is 36.3 Å². The molecule has 0 radical (unpaired) electrons. The fourth-order valence-electron chi connectivity index (χ4n) is 3.64. The molecule has 4 aromatic rings. The van der Waals surface area contributed by atoms with Gasteiger partial charge in [0.2, 0.25) is 5.95 Å². The van der Waals surface area contributed by atoms with Crippen LogP contribution in [0.1, 0.15) is 16.7 Å². The normalized spacial score (nSPS) is 12.0. The van der Waals surface area contributed by atoms with Crippen molar-refractivity contribution < 1.29 is 32.3 Å². The van der Waals surface area contributed by atoms with Crippen LogP contribution >= 0.6 is 7.60 Å². The number of fused-ring (bicyclic) bond motifs is 1. The quantitative estimate of drug-likeness (QED) is 0.210. The van der Waals surface area contributed by atoms with Gasteiger partial charge >= 0.3 is 13.8 Å². The molecule has 0 unspecified atom stereocenters. The fraction of sp³-hybridized carbons (Fsp3) is 0.174. The second-order valence-electron chi connectivity index (χ2n) is 8.09. The van der Waals surface area contributed by atoms with Gasteiger partial charge in [0.15, 0.2) is 5.43 Å². The third kappa shape index (κ3) is 5.91. The molecule has 0 spiro atoms. The van der Waals surface area contributed by atoms with Gasteiger partial charge in [-0.1, -0.05) is 12.1 Å². The lowest BCUT2D eigenvalue weighted by molar-refractivity contribution is -0.137. The molecule has 37 heavy (non-hydrogen) atoms. The molecule has 0 amide bonds. The summed E-state index contributed by atoms with van der Waals surface area (Å²) in [6.07, 6.45) is -3.19. The number of aryl methyl sites for hydroxylation is 1. The number of H-pyrrole nitrogens is 1. The first-order chi connectivity index (χ1) is 17.4. The summed E-state index contributed by atoms with van der Waals surface area (Å²) in [6, 6.07) is 8.92. The lowest BCUT2D eigenvalue weighted by Gasteiger charge is -2.17. The number of rotatable bonds is 7. The van der Waals surface area contributed by atoms with Crippen LogP contribution in [0.3, 0.4) is 0 Å². The number of methoxy groups -OCH3 is 1. The molecule has 0 aliphatic carbocycles. The summed E-state index contributed by atoms with van der Waals surface area (Å²) in [5, 5.41) is 5.56. The minimum absolute atomic E-state index is 0.122. The summed E-state index contributed by atoms with van der Waals surface area (Å²) in [5.41, 5.74) is -0.0142. The lowest BCUT2D eigenvalue weighted by Crippen LogP contribution is -2.14. The minimum Gasteiger partial charge on any atom is -0.495 e.